The lowest BCUT2D eigenvalue weighted by atomic mass is 10.2. The number of esters is 1. The number of carbonyl (C=O) groups is 1. The van der Waals surface area contributed by atoms with E-state index in [2.05, 4.69) is 19.5 Å². The van der Waals surface area contributed by atoms with Crippen molar-refractivity contribution in [3.05, 3.63) is 46.0 Å². The van der Waals surface area contributed by atoms with E-state index < -0.39 is 18.1 Å². The second kappa shape index (κ2) is 6.48. The number of hydrogen-bond donors (Lipinski definition) is 0. The van der Waals surface area contributed by atoms with Crippen LogP contribution in [-0.2, 0) is 9.53 Å². The molecule has 0 fully saturated rings. The van der Waals surface area contributed by atoms with Crippen molar-refractivity contribution in [1.29, 1.82) is 0 Å². The summed E-state index contributed by atoms with van der Waals surface area (Å²) >= 11 is 0. The molecular weight excluding hydrogens is 279 g/mol. The number of alkyl halides is 3. The molecule has 0 aliphatic heterocycles. The van der Waals surface area contributed by atoms with Gasteiger partial charge in [0.25, 0.3) is 0 Å². The number of nitrogens with zero attached hydrogens (tertiary/aromatic N) is 3. The monoisotopic (exact) mass is 287 g/mol. The summed E-state index contributed by atoms with van der Waals surface area (Å²) in [7, 11) is 1.08. The largest absolute Gasteiger partial charge is 0.573 e. The van der Waals surface area contributed by atoms with Gasteiger partial charge in [0.15, 0.2) is 0 Å². The first-order valence-electron chi connectivity index (χ1n) is 5.06. The molecule has 0 unspecified atom stereocenters. The summed E-state index contributed by atoms with van der Waals surface area (Å²) in [5, 5.41) is 3.10. The summed E-state index contributed by atoms with van der Waals surface area (Å²) < 4.78 is 44.3. The molecule has 1 aromatic carbocycles. The predicted octanol–water partition coefficient (Wildman–Crippen LogP) is 3.41. The fourth-order valence-electron chi connectivity index (χ4n) is 1.24. The van der Waals surface area contributed by atoms with Crippen molar-refractivity contribution in [2.24, 2.45) is 5.11 Å². The van der Waals surface area contributed by atoms with Crippen molar-refractivity contribution in [1.82, 2.24) is 0 Å². The first-order chi connectivity index (χ1) is 9.35. The highest BCUT2D eigenvalue weighted by atomic mass is 19.4. The minimum absolute atomic E-state index is 0.180. The van der Waals surface area contributed by atoms with E-state index in [4.69, 9.17) is 5.53 Å². The van der Waals surface area contributed by atoms with E-state index in [1.807, 2.05) is 0 Å². The van der Waals surface area contributed by atoms with Gasteiger partial charge in [0, 0.05) is 4.91 Å². The molecule has 0 amide bonds. The Labute approximate surface area is 111 Å². The van der Waals surface area contributed by atoms with Crippen molar-refractivity contribution >= 4 is 12.0 Å². The minimum Gasteiger partial charge on any atom is -0.466 e. The summed E-state index contributed by atoms with van der Waals surface area (Å²) in [6, 6.07) is 4.82. The second-order valence-corrected chi connectivity index (χ2v) is 3.33. The van der Waals surface area contributed by atoms with Crippen LogP contribution in [0.2, 0.25) is 0 Å². The van der Waals surface area contributed by atoms with Crippen molar-refractivity contribution < 1.29 is 27.4 Å². The first kappa shape index (κ1) is 15.4. The third kappa shape index (κ3) is 4.91. The molecule has 0 saturated heterocycles. The van der Waals surface area contributed by atoms with Crippen LogP contribution >= 0.6 is 0 Å². The number of ether oxygens (including phenoxy) is 2. The molecule has 0 heterocycles. The van der Waals surface area contributed by atoms with Crippen molar-refractivity contribution in [3.63, 3.8) is 0 Å². The average Bonchev–Trinajstić information content (AvgIpc) is 2.35. The fraction of sp³-hybridized carbons (Fsp3) is 0.182. The Morgan fingerprint density at radius 3 is 2.70 bits per heavy atom. The van der Waals surface area contributed by atoms with E-state index in [1.165, 1.54) is 12.1 Å². The maximum atomic E-state index is 12.1. The maximum Gasteiger partial charge on any atom is 0.573 e. The summed E-state index contributed by atoms with van der Waals surface area (Å²) in [5.41, 5.74) is 8.09. The molecule has 20 heavy (non-hydrogen) atoms. The van der Waals surface area contributed by atoms with Crippen LogP contribution in [-0.4, -0.2) is 19.4 Å². The molecule has 0 aromatic heterocycles. The molecule has 0 aliphatic rings. The van der Waals surface area contributed by atoms with E-state index in [9.17, 15) is 18.0 Å². The molecule has 0 spiro atoms. The number of azide groups is 1. The average molecular weight is 287 g/mol. The Hall–Kier alpha value is -2.67. The van der Waals surface area contributed by atoms with Crippen molar-refractivity contribution in [2.75, 3.05) is 7.11 Å². The summed E-state index contributed by atoms with van der Waals surface area (Å²) in [6.07, 6.45) is -3.74. The van der Waals surface area contributed by atoms with E-state index in [-0.39, 0.29) is 11.3 Å². The molecule has 1 rings (SSSR count). The highest BCUT2D eigenvalue weighted by Crippen LogP contribution is 2.24. The summed E-state index contributed by atoms with van der Waals surface area (Å²) in [5.74, 6) is -1.37. The van der Waals surface area contributed by atoms with E-state index in [0.29, 0.717) is 0 Å². The second-order valence-electron chi connectivity index (χ2n) is 3.33. The number of halogens is 3. The van der Waals surface area contributed by atoms with Crippen LogP contribution in [0, 0.1) is 0 Å². The summed E-state index contributed by atoms with van der Waals surface area (Å²) in [4.78, 5) is 13.7. The molecule has 0 atom stereocenters. The number of methoxy groups -OCH3 is 1. The van der Waals surface area contributed by atoms with Crippen molar-refractivity contribution in [2.45, 2.75) is 6.36 Å². The lowest BCUT2D eigenvalue weighted by Crippen LogP contribution is -2.17. The van der Waals surface area contributed by atoms with Gasteiger partial charge in [-0.05, 0) is 29.3 Å². The van der Waals surface area contributed by atoms with Gasteiger partial charge in [-0.25, -0.2) is 4.79 Å². The smallest absolute Gasteiger partial charge is 0.466 e. The Morgan fingerprint density at radius 2 is 2.15 bits per heavy atom. The molecule has 106 valence electrons. The molecule has 0 bridgehead atoms. The zero-order chi connectivity index (χ0) is 15.2. The topological polar surface area (TPSA) is 84.3 Å². The van der Waals surface area contributed by atoms with Crippen molar-refractivity contribution in [3.8, 4) is 5.75 Å². The Bertz CT molecular complexity index is 578. The van der Waals surface area contributed by atoms with E-state index in [0.717, 1.165) is 25.3 Å². The van der Waals surface area contributed by atoms with E-state index >= 15 is 0 Å². The van der Waals surface area contributed by atoms with Gasteiger partial charge in [-0.15, -0.1) is 13.2 Å². The van der Waals surface area contributed by atoms with Gasteiger partial charge in [0.05, 0.1) is 7.11 Å². The lowest BCUT2D eigenvalue weighted by molar-refractivity contribution is -0.274. The molecule has 6 nitrogen and oxygen atoms in total. The number of benzene rings is 1. The first-order valence-corrected chi connectivity index (χ1v) is 5.06. The lowest BCUT2D eigenvalue weighted by Gasteiger charge is -2.09. The molecule has 9 heteroatoms. The highest BCUT2D eigenvalue weighted by Gasteiger charge is 2.31. The Kier molecular flexibility index (Phi) is 4.99. The molecule has 1 aromatic rings. The molecule has 0 saturated carbocycles. The maximum absolute atomic E-state index is 12.1. The number of hydrogen-bond acceptors (Lipinski definition) is 4. The van der Waals surface area contributed by atoms with Gasteiger partial charge in [-0.1, -0.05) is 17.2 Å². The molecule has 0 radical (unpaired) electrons. The normalized spacial score (nSPS) is 11.5. The number of carbonyl (C=O) groups excluding carboxylic acids is 1. The zero-order valence-corrected chi connectivity index (χ0v) is 10.1. The quantitative estimate of drug-likeness (QED) is 0.279. The number of rotatable bonds is 4. The van der Waals surface area contributed by atoms with Gasteiger partial charge in [0.2, 0.25) is 0 Å². The van der Waals surface area contributed by atoms with Crippen LogP contribution in [0.1, 0.15) is 5.56 Å². The highest BCUT2D eigenvalue weighted by molar-refractivity contribution is 5.93. The molecule has 0 aliphatic carbocycles. The van der Waals surface area contributed by atoms with Gasteiger partial charge in [0.1, 0.15) is 11.4 Å². The summed E-state index contributed by atoms with van der Waals surface area (Å²) in [6.45, 7) is 0. The van der Waals surface area contributed by atoms with Gasteiger partial charge in [-0.2, -0.15) is 0 Å². The molecular formula is C11H8F3N3O3. The zero-order valence-electron chi connectivity index (χ0n) is 10.1. The SMILES string of the molecule is COC(=O)C(=Cc1cccc(OC(F)(F)F)c1)N=[N+]=[N-]. The van der Waals surface area contributed by atoms with Crippen LogP contribution in [0.3, 0.4) is 0 Å². The van der Waals surface area contributed by atoms with Crippen LogP contribution in [0.25, 0.3) is 16.5 Å². The Balaban J connectivity index is 3.10. The fourth-order valence-corrected chi connectivity index (χ4v) is 1.24. The molecule has 0 N–H and O–H groups in total. The van der Waals surface area contributed by atoms with E-state index in [1.54, 1.807) is 0 Å². The van der Waals surface area contributed by atoms with Crippen LogP contribution in [0.4, 0.5) is 13.2 Å². The third-order valence-electron chi connectivity index (χ3n) is 1.94. The van der Waals surface area contributed by atoms with Crippen LogP contribution in [0.15, 0.2) is 35.1 Å². The predicted molar refractivity (Wildman–Crippen MR) is 62.3 cm³/mol. The van der Waals surface area contributed by atoms with Gasteiger partial charge < -0.3 is 9.47 Å². The van der Waals surface area contributed by atoms with Gasteiger partial charge in [-0.3, -0.25) is 0 Å². The Morgan fingerprint density at radius 1 is 1.45 bits per heavy atom. The third-order valence-corrected chi connectivity index (χ3v) is 1.94. The van der Waals surface area contributed by atoms with Crippen LogP contribution in [0.5, 0.6) is 5.75 Å². The van der Waals surface area contributed by atoms with Crippen LogP contribution < -0.4 is 4.74 Å². The standard InChI is InChI=1S/C11H8F3N3O3/c1-19-10(18)9(16-17-15)6-7-3-2-4-8(5-7)20-11(12,13)14/h2-6H,1H3. The minimum atomic E-state index is -4.82. The van der Waals surface area contributed by atoms with Gasteiger partial charge >= 0.3 is 12.3 Å².